The van der Waals surface area contributed by atoms with Gasteiger partial charge in [-0.2, -0.15) is 0 Å². The van der Waals surface area contributed by atoms with Gasteiger partial charge >= 0.3 is 0 Å². The minimum atomic E-state index is -1.85. The monoisotopic (exact) mass is 535 g/mol. The Morgan fingerprint density at radius 1 is 1.15 bits per heavy atom. The topological polar surface area (TPSA) is 121 Å². The number of aromatic nitrogens is 3. The average molecular weight is 536 g/mol. The SMILES string of the molecule is CC1=C[C@]23C(O)[C@@H](C=C(CO)[C@@H](O)C2(O)[C@H]1n1cc(C(C)(C)Oc2ccccc2)nn1)[C@H]1[C@@H](C[C@H]3C)C1(C)C. The zero-order chi connectivity index (χ0) is 28.1. The molecule has 4 aliphatic rings. The lowest BCUT2D eigenvalue weighted by Crippen LogP contribution is -2.64. The maximum atomic E-state index is 12.9. The molecule has 2 unspecified atom stereocenters. The molecule has 0 aliphatic heterocycles. The van der Waals surface area contributed by atoms with Crippen LogP contribution in [0.4, 0.5) is 0 Å². The van der Waals surface area contributed by atoms with Crippen LogP contribution in [0, 0.1) is 34.5 Å². The van der Waals surface area contributed by atoms with Crippen LogP contribution in [-0.4, -0.2) is 59.8 Å². The third-order valence-corrected chi connectivity index (χ3v) is 10.7. The number of aliphatic hydroxyl groups excluding tert-OH is 3. The molecule has 0 saturated heterocycles. The summed E-state index contributed by atoms with van der Waals surface area (Å²) in [6.07, 6.45) is 4.09. The van der Waals surface area contributed by atoms with Crippen molar-refractivity contribution < 1.29 is 25.2 Å². The van der Waals surface area contributed by atoms with E-state index in [0.29, 0.717) is 22.9 Å². The van der Waals surface area contributed by atoms with Gasteiger partial charge in [-0.25, -0.2) is 4.68 Å². The number of fused-ring (bicyclic) bond motifs is 3. The van der Waals surface area contributed by atoms with Gasteiger partial charge in [-0.15, -0.1) is 5.10 Å². The van der Waals surface area contributed by atoms with Crippen LogP contribution in [0.1, 0.15) is 59.7 Å². The maximum absolute atomic E-state index is 12.9. The number of hydrogen-bond donors (Lipinski definition) is 4. The third kappa shape index (κ3) is 3.44. The highest BCUT2D eigenvalue weighted by molar-refractivity contribution is 5.43. The number of para-hydroxylation sites is 1. The van der Waals surface area contributed by atoms with Crippen molar-refractivity contribution in [1.82, 2.24) is 15.0 Å². The van der Waals surface area contributed by atoms with Crippen LogP contribution in [0.25, 0.3) is 0 Å². The molecule has 1 spiro atoms. The molecule has 39 heavy (non-hydrogen) atoms. The van der Waals surface area contributed by atoms with Crippen LogP contribution >= 0.6 is 0 Å². The lowest BCUT2D eigenvalue weighted by atomic mass is 9.58. The highest BCUT2D eigenvalue weighted by Crippen LogP contribution is 2.73. The summed E-state index contributed by atoms with van der Waals surface area (Å²) in [5, 5.41) is 56.2. The van der Waals surface area contributed by atoms with Crippen molar-refractivity contribution in [2.45, 2.75) is 77.4 Å². The largest absolute Gasteiger partial charge is 0.481 e. The average Bonchev–Trinajstić information content (AvgIpc) is 3.18. The second-order valence-electron chi connectivity index (χ2n) is 13.5. The fraction of sp³-hybridized carbons (Fsp3) is 0.613. The Labute approximate surface area is 230 Å². The molecule has 8 nitrogen and oxygen atoms in total. The molecule has 9 atom stereocenters. The van der Waals surface area contributed by atoms with Gasteiger partial charge in [0.1, 0.15) is 34.8 Å². The lowest BCUT2D eigenvalue weighted by molar-refractivity contribution is -0.198. The zero-order valence-corrected chi connectivity index (χ0v) is 23.6. The van der Waals surface area contributed by atoms with E-state index in [0.717, 1.165) is 12.0 Å². The Balaban J connectivity index is 1.45. The summed E-state index contributed by atoms with van der Waals surface area (Å²) in [4.78, 5) is 0. The fourth-order valence-corrected chi connectivity index (χ4v) is 8.66. The molecule has 2 aromatic rings. The Morgan fingerprint density at radius 2 is 1.85 bits per heavy atom. The quantitative estimate of drug-likeness (QED) is 0.433. The van der Waals surface area contributed by atoms with Crippen molar-refractivity contribution in [1.29, 1.82) is 0 Å². The van der Waals surface area contributed by atoms with Crippen LogP contribution in [0.2, 0.25) is 0 Å². The van der Waals surface area contributed by atoms with Crippen molar-refractivity contribution >= 4 is 0 Å². The van der Waals surface area contributed by atoms with Crippen LogP contribution in [0.3, 0.4) is 0 Å². The first-order chi connectivity index (χ1) is 18.3. The van der Waals surface area contributed by atoms with E-state index < -0.39 is 41.5 Å². The molecule has 2 saturated carbocycles. The molecule has 2 bridgehead atoms. The Bertz CT molecular complexity index is 1330. The Hall–Kier alpha value is -2.52. The van der Waals surface area contributed by atoms with Crippen molar-refractivity contribution in [3.05, 3.63) is 65.5 Å². The highest BCUT2D eigenvalue weighted by atomic mass is 16.5. The highest BCUT2D eigenvalue weighted by Gasteiger charge is 2.75. The van der Waals surface area contributed by atoms with Crippen molar-refractivity contribution in [2.75, 3.05) is 6.61 Å². The number of hydrogen-bond acceptors (Lipinski definition) is 7. The minimum absolute atomic E-state index is 0.0495. The summed E-state index contributed by atoms with van der Waals surface area (Å²) in [5.74, 6) is 0.897. The number of nitrogens with zero attached hydrogens (tertiary/aromatic N) is 3. The normalized spacial score (nSPS) is 40.5. The molecular formula is C31H41N3O5. The van der Waals surface area contributed by atoms with Gasteiger partial charge in [0.15, 0.2) is 0 Å². The van der Waals surface area contributed by atoms with E-state index in [9.17, 15) is 20.4 Å². The zero-order valence-electron chi connectivity index (χ0n) is 23.6. The molecular weight excluding hydrogens is 494 g/mol. The molecule has 0 amide bonds. The summed E-state index contributed by atoms with van der Waals surface area (Å²) in [6, 6.07) is 8.69. The van der Waals surface area contributed by atoms with Gasteiger partial charge in [0.2, 0.25) is 0 Å². The predicted molar refractivity (Wildman–Crippen MR) is 146 cm³/mol. The molecule has 1 aromatic heterocycles. The van der Waals surface area contributed by atoms with E-state index in [2.05, 4.69) is 31.1 Å². The Kier molecular flexibility index (Phi) is 5.81. The van der Waals surface area contributed by atoms with Gasteiger partial charge in [0.25, 0.3) is 0 Å². The molecule has 4 N–H and O–H groups in total. The Morgan fingerprint density at radius 3 is 2.51 bits per heavy atom. The summed E-state index contributed by atoms with van der Waals surface area (Å²) < 4.78 is 7.82. The van der Waals surface area contributed by atoms with Gasteiger partial charge in [-0.3, -0.25) is 0 Å². The van der Waals surface area contributed by atoms with Gasteiger partial charge < -0.3 is 25.2 Å². The number of rotatable bonds is 5. The van der Waals surface area contributed by atoms with Gasteiger partial charge in [0.05, 0.1) is 24.3 Å². The van der Waals surface area contributed by atoms with Crippen LogP contribution < -0.4 is 4.74 Å². The molecule has 210 valence electrons. The van der Waals surface area contributed by atoms with E-state index >= 15 is 0 Å². The summed E-state index contributed by atoms with van der Waals surface area (Å²) in [6.45, 7) is 11.9. The maximum Gasteiger partial charge on any atom is 0.149 e. The van der Waals surface area contributed by atoms with Crippen LogP contribution in [-0.2, 0) is 5.60 Å². The molecule has 2 fully saturated rings. The fourth-order valence-electron chi connectivity index (χ4n) is 8.66. The first-order valence-corrected chi connectivity index (χ1v) is 14.1. The van der Waals surface area contributed by atoms with Gasteiger partial charge in [0, 0.05) is 5.92 Å². The first kappa shape index (κ1) is 26.7. The smallest absolute Gasteiger partial charge is 0.149 e. The molecule has 0 radical (unpaired) electrons. The number of aliphatic hydroxyl groups is 4. The summed E-state index contributed by atoms with van der Waals surface area (Å²) >= 11 is 0. The van der Waals surface area contributed by atoms with E-state index in [1.165, 1.54) is 0 Å². The summed E-state index contributed by atoms with van der Waals surface area (Å²) in [5.41, 5.74) is -2.04. The summed E-state index contributed by atoms with van der Waals surface area (Å²) in [7, 11) is 0. The third-order valence-electron chi connectivity index (χ3n) is 10.7. The second-order valence-corrected chi connectivity index (χ2v) is 13.5. The molecule has 4 aliphatic carbocycles. The molecule has 8 heteroatoms. The lowest BCUT2D eigenvalue weighted by Gasteiger charge is -2.52. The molecule has 1 aromatic carbocycles. The van der Waals surface area contributed by atoms with E-state index in [1.54, 1.807) is 10.9 Å². The number of ether oxygens (including phenoxy) is 1. The number of benzene rings is 1. The molecule has 6 rings (SSSR count). The van der Waals surface area contributed by atoms with Crippen molar-refractivity contribution in [2.24, 2.45) is 34.5 Å². The van der Waals surface area contributed by atoms with Crippen molar-refractivity contribution in [3.63, 3.8) is 0 Å². The minimum Gasteiger partial charge on any atom is -0.481 e. The van der Waals surface area contributed by atoms with E-state index in [1.807, 2.05) is 63.3 Å². The second kappa shape index (κ2) is 8.49. The van der Waals surface area contributed by atoms with Crippen LogP contribution in [0.5, 0.6) is 5.75 Å². The van der Waals surface area contributed by atoms with Crippen LogP contribution in [0.15, 0.2) is 59.8 Å². The standard InChI is InChI=1S/C31H41N3O5/c1-17-14-30-18(2)12-22-24(28(22,3)4)21(27(30)37)13-19(16-35)26(36)31(30,38)25(17)34-15-23(32-33-34)29(5,6)39-20-10-8-7-9-11-20/h7-11,13-15,18,21-22,24-27,35-38H,12,16H2,1-6H3/t18-,21+,22-,24+,25+,26-,27?,30+,31?/m1/s1. The van der Waals surface area contributed by atoms with E-state index in [4.69, 9.17) is 4.74 Å². The van der Waals surface area contributed by atoms with Gasteiger partial charge in [-0.1, -0.05) is 56.3 Å². The molecule has 1 heterocycles. The van der Waals surface area contributed by atoms with Crippen molar-refractivity contribution in [3.8, 4) is 5.75 Å². The predicted octanol–water partition coefficient (Wildman–Crippen LogP) is 3.39. The van der Waals surface area contributed by atoms with Gasteiger partial charge in [-0.05, 0) is 73.6 Å². The van der Waals surface area contributed by atoms with E-state index in [-0.39, 0.29) is 23.2 Å². The first-order valence-electron chi connectivity index (χ1n) is 14.1.